The largest absolute Gasteiger partial charge is 0.273 e. The number of hydrogen-bond acceptors (Lipinski definition) is 3. The molecule has 108 valence electrons. The highest BCUT2D eigenvalue weighted by Crippen LogP contribution is 2.58. The Morgan fingerprint density at radius 2 is 2.05 bits per heavy atom. The standard InChI is InChI=1S/C14H23NO3S/c1-11(2)14-10-12(14)8-6-4-3-5-7-9-19(17,18)15-13(14)16/h6,8,11-12H,3-5,7,9-10H2,1-2H3,(H,15,16)/t12?,14-/m1/s1. The first-order chi connectivity index (χ1) is 8.88. The highest BCUT2D eigenvalue weighted by molar-refractivity contribution is 7.90. The van der Waals surface area contributed by atoms with Crippen molar-refractivity contribution in [1.29, 1.82) is 0 Å². The van der Waals surface area contributed by atoms with Crippen molar-refractivity contribution in [2.45, 2.75) is 46.0 Å². The van der Waals surface area contributed by atoms with Crippen LogP contribution in [-0.4, -0.2) is 20.1 Å². The van der Waals surface area contributed by atoms with Gasteiger partial charge in [-0.2, -0.15) is 0 Å². The number of amides is 1. The number of fused-ring (bicyclic) bond motifs is 1. The summed E-state index contributed by atoms with van der Waals surface area (Å²) in [4.78, 5) is 12.3. The van der Waals surface area contributed by atoms with Crippen LogP contribution < -0.4 is 4.72 Å². The molecular weight excluding hydrogens is 262 g/mol. The highest BCUT2D eigenvalue weighted by Gasteiger charge is 2.60. The van der Waals surface area contributed by atoms with E-state index in [9.17, 15) is 13.2 Å². The summed E-state index contributed by atoms with van der Waals surface area (Å²) >= 11 is 0. The van der Waals surface area contributed by atoms with Crippen molar-refractivity contribution in [1.82, 2.24) is 4.72 Å². The summed E-state index contributed by atoms with van der Waals surface area (Å²) in [6.45, 7) is 3.98. The summed E-state index contributed by atoms with van der Waals surface area (Å²) in [7, 11) is -3.46. The van der Waals surface area contributed by atoms with Gasteiger partial charge in [0.15, 0.2) is 0 Å². The second kappa shape index (κ2) is 5.27. The lowest BCUT2D eigenvalue weighted by Gasteiger charge is -2.20. The Bertz CT molecular complexity index is 481. The third-order valence-electron chi connectivity index (χ3n) is 4.41. The average molecular weight is 285 g/mol. The molecule has 2 rings (SSSR count). The molecule has 0 aromatic rings. The first kappa shape index (κ1) is 14.6. The van der Waals surface area contributed by atoms with Crippen molar-refractivity contribution in [2.24, 2.45) is 17.3 Å². The minimum Gasteiger partial charge on any atom is -0.273 e. The predicted octanol–water partition coefficient (Wildman–Crippen LogP) is 2.22. The Morgan fingerprint density at radius 1 is 1.32 bits per heavy atom. The van der Waals surface area contributed by atoms with Crippen LogP contribution in [0.1, 0.15) is 46.0 Å². The van der Waals surface area contributed by atoms with E-state index in [1.165, 1.54) is 0 Å². The molecule has 0 saturated heterocycles. The van der Waals surface area contributed by atoms with Crippen molar-refractivity contribution in [3.63, 3.8) is 0 Å². The van der Waals surface area contributed by atoms with Gasteiger partial charge in [0.05, 0.1) is 11.2 Å². The number of nitrogens with one attached hydrogen (secondary N) is 1. The fourth-order valence-corrected chi connectivity index (χ4v) is 4.17. The van der Waals surface area contributed by atoms with Crippen molar-refractivity contribution in [3.8, 4) is 0 Å². The van der Waals surface area contributed by atoms with Crippen molar-refractivity contribution >= 4 is 15.9 Å². The average Bonchev–Trinajstić information content (AvgIpc) is 3.01. The first-order valence-corrected chi connectivity index (χ1v) is 8.75. The van der Waals surface area contributed by atoms with Crippen LogP contribution >= 0.6 is 0 Å². The SMILES string of the molecule is CC(C)[C@]12CC1C=CCCCCCS(=O)(=O)NC2=O. The van der Waals surface area contributed by atoms with Crippen LogP contribution in [-0.2, 0) is 14.8 Å². The monoisotopic (exact) mass is 285 g/mol. The van der Waals surface area contributed by atoms with E-state index in [2.05, 4.69) is 16.9 Å². The Hall–Kier alpha value is -0.840. The molecule has 19 heavy (non-hydrogen) atoms. The van der Waals surface area contributed by atoms with E-state index in [-0.39, 0.29) is 23.5 Å². The third kappa shape index (κ3) is 3.02. The van der Waals surface area contributed by atoms with E-state index in [0.29, 0.717) is 6.42 Å². The molecule has 1 N–H and O–H groups in total. The quantitative estimate of drug-likeness (QED) is 0.751. The van der Waals surface area contributed by atoms with Gasteiger partial charge in [-0.1, -0.05) is 32.4 Å². The van der Waals surface area contributed by atoms with Crippen LogP contribution in [0, 0.1) is 17.3 Å². The summed E-state index contributed by atoms with van der Waals surface area (Å²) in [5.74, 6) is 0.0986. The van der Waals surface area contributed by atoms with Gasteiger partial charge in [0.2, 0.25) is 15.9 Å². The van der Waals surface area contributed by atoms with Gasteiger partial charge in [-0.3, -0.25) is 9.52 Å². The maximum absolute atomic E-state index is 12.3. The second-order valence-electron chi connectivity index (χ2n) is 6.03. The van der Waals surface area contributed by atoms with Gasteiger partial charge in [0.1, 0.15) is 0 Å². The van der Waals surface area contributed by atoms with Crippen molar-refractivity contribution < 1.29 is 13.2 Å². The van der Waals surface area contributed by atoms with Crippen molar-refractivity contribution in [2.75, 3.05) is 5.75 Å². The second-order valence-corrected chi connectivity index (χ2v) is 7.88. The molecule has 1 aliphatic carbocycles. The molecule has 5 heteroatoms. The summed E-state index contributed by atoms with van der Waals surface area (Å²) < 4.78 is 26.0. The minimum atomic E-state index is -3.46. The summed E-state index contributed by atoms with van der Waals surface area (Å²) in [5, 5.41) is 0. The molecule has 2 aliphatic rings. The zero-order valence-electron chi connectivity index (χ0n) is 11.7. The number of allylic oxidation sites excluding steroid dienone is 2. The van der Waals surface area contributed by atoms with Gasteiger partial charge < -0.3 is 0 Å². The maximum Gasteiger partial charge on any atom is 0.240 e. The molecule has 0 aromatic heterocycles. The van der Waals surface area contributed by atoms with E-state index in [0.717, 1.165) is 25.7 Å². The van der Waals surface area contributed by atoms with E-state index in [1.54, 1.807) is 0 Å². The van der Waals surface area contributed by atoms with E-state index < -0.39 is 15.4 Å². The summed E-state index contributed by atoms with van der Waals surface area (Å²) in [6, 6.07) is 0. The van der Waals surface area contributed by atoms with Gasteiger partial charge in [-0.05, 0) is 37.5 Å². The topological polar surface area (TPSA) is 63.2 Å². The minimum absolute atomic E-state index is 0.0568. The molecule has 1 unspecified atom stereocenters. The van der Waals surface area contributed by atoms with Crippen molar-refractivity contribution in [3.05, 3.63) is 12.2 Å². The normalized spacial score (nSPS) is 34.9. The van der Waals surface area contributed by atoms with Crippen LogP contribution in [0.2, 0.25) is 0 Å². The number of hydrogen-bond donors (Lipinski definition) is 1. The predicted molar refractivity (Wildman–Crippen MR) is 74.9 cm³/mol. The van der Waals surface area contributed by atoms with Crippen LogP contribution in [0.3, 0.4) is 0 Å². The van der Waals surface area contributed by atoms with E-state index in [4.69, 9.17) is 0 Å². The summed E-state index contributed by atoms with van der Waals surface area (Å²) in [5.41, 5.74) is -0.511. The van der Waals surface area contributed by atoms with Gasteiger partial charge in [0, 0.05) is 0 Å². The van der Waals surface area contributed by atoms with Crippen LogP contribution in [0.25, 0.3) is 0 Å². The van der Waals surface area contributed by atoms with Gasteiger partial charge in [-0.15, -0.1) is 0 Å². The Morgan fingerprint density at radius 3 is 2.74 bits per heavy atom. The molecule has 1 heterocycles. The third-order valence-corrected chi connectivity index (χ3v) is 5.74. The van der Waals surface area contributed by atoms with Gasteiger partial charge in [0.25, 0.3) is 0 Å². The summed E-state index contributed by atoms with van der Waals surface area (Å²) in [6.07, 6.45) is 8.52. The molecule has 0 radical (unpaired) electrons. The lowest BCUT2D eigenvalue weighted by atomic mass is 9.89. The van der Waals surface area contributed by atoms with E-state index >= 15 is 0 Å². The lowest BCUT2D eigenvalue weighted by Crippen LogP contribution is -2.41. The molecule has 2 atom stereocenters. The fourth-order valence-electron chi connectivity index (χ4n) is 3.01. The molecule has 1 saturated carbocycles. The zero-order valence-corrected chi connectivity index (χ0v) is 12.5. The molecule has 0 spiro atoms. The number of carbonyl (C=O) groups is 1. The Kier molecular flexibility index (Phi) is 4.04. The van der Waals surface area contributed by atoms with E-state index in [1.807, 2.05) is 13.8 Å². The molecule has 0 aromatic carbocycles. The molecule has 0 bridgehead atoms. The van der Waals surface area contributed by atoms with Crippen LogP contribution in [0.4, 0.5) is 0 Å². The molecule has 1 amide bonds. The van der Waals surface area contributed by atoms with Gasteiger partial charge >= 0.3 is 0 Å². The van der Waals surface area contributed by atoms with Gasteiger partial charge in [-0.25, -0.2) is 8.42 Å². The lowest BCUT2D eigenvalue weighted by molar-refractivity contribution is -0.126. The molecule has 4 nitrogen and oxygen atoms in total. The Balaban J connectivity index is 2.23. The van der Waals surface area contributed by atoms with Crippen LogP contribution in [0.15, 0.2) is 12.2 Å². The first-order valence-electron chi connectivity index (χ1n) is 7.10. The number of carbonyl (C=O) groups excluding carboxylic acids is 1. The zero-order chi connectivity index (χ0) is 14.1. The number of sulfonamides is 1. The molecule has 1 aliphatic heterocycles. The van der Waals surface area contributed by atoms with Crippen LogP contribution in [0.5, 0.6) is 0 Å². The molecular formula is C14H23NO3S. The maximum atomic E-state index is 12.3. The molecule has 1 fully saturated rings. The Labute approximate surface area is 115 Å². The highest BCUT2D eigenvalue weighted by atomic mass is 32.2. The number of rotatable bonds is 1. The fraction of sp³-hybridized carbons (Fsp3) is 0.786. The smallest absolute Gasteiger partial charge is 0.240 e.